The molecule has 0 aliphatic heterocycles. The number of imidazole rings is 1. The largest absolute Gasteiger partial charge is 0.478 e. The lowest BCUT2D eigenvalue weighted by atomic mass is 9.92. The van der Waals surface area contributed by atoms with Crippen molar-refractivity contribution in [1.82, 2.24) is 14.4 Å². The van der Waals surface area contributed by atoms with E-state index in [1.807, 2.05) is 0 Å². The Bertz CT molecular complexity index is 1240. The molecule has 0 fully saturated rings. The van der Waals surface area contributed by atoms with Crippen LogP contribution in [-0.2, 0) is 0 Å². The summed E-state index contributed by atoms with van der Waals surface area (Å²) in [5.41, 5.74) is 1.62. The van der Waals surface area contributed by atoms with Crippen LogP contribution in [0, 0.1) is 17.1 Å². The fourth-order valence-corrected chi connectivity index (χ4v) is 2.99. The van der Waals surface area contributed by atoms with Crippen LogP contribution in [0.1, 0.15) is 15.9 Å². The number of halogens is 1. The predicted octanol–water partition coefficient (Wildman–Crippen LogP) is 3.77. The highest BCUT2D eigenvalue weighted by Gasteiger charge is 2.22. The van der Waals surface area contributed by atoms with Gasteiger partial charge in [-0.3, -0.25) is 4.98 Å². The molecule has 0 aliphatic carbocycles. The first kappa shape index (κ1) is 16.4. The van der Waals surface area contributed by atoms with Gasteiger partial charge >= 0.3 is 5.97 Å². The van der Waals surface area contributed by atoms with Crippen molar-refractivity contribution in [1.29, 1.82) is 5.26 Å². The van der Waals surface area contributed by atoms with E-state index < -0.39 is 17.3 Å². The average molecular weight is 358 g/mol. The Hall–Kier alpha value is -4.05. The minimum atomic E-state index is -1.38. The Kier molecular flexibility index (Phi) is 3.86. The Labute approximate surface area is 152 Å². The first-order chi connectivity index (χ1) is 13.1. The zero-order valence-electron chi connectivity index (χ0n) is 13.8. The second-order valence-corrected chi connectivity index (χ2v) is 5.78. The van der Waals surface area contributed by atoms with Gasteiger partial charge in [-0.05, 0) is 17.7 Å². The quantitative estimate of drug-likeness (QED) is 0.602. The van der Waals surface area contributed by atoms with Crippen molar-refractivity contribution in [2.75, 3.05) is 0 Å². The number of benzene rings is 2. The number of aromatic carboxylic acids is 1. The topological polar surface area (TPSA) is 91.3 Å². The zero-order valence-corrected chi connectivity index (χ0v) is 13.8. The molecule has 4 rings (SSSR count). The van der Waals surface area contributed by atoms with Gasteiger partial charge in [-0.1, -0.05) is 24.3 Å². The second-order valence-electron chi connectivity index (χ2n) is 5.78. The second kappa shape index (κ2) is 6.35. The molecule has 0 amide bonds. The van der Waals surface area contributed by atoms with Crippen molar-refractivity contribution in [3.63, 3.8) is 0 Å². The van der Waals surface area contributed by atoms with E-state index >= 15 is 4.39 Å². The molecule has 4 aromatic rings. The molecular formula is C20H11FN4O2. The molecule has 0 aliphatic rings. The van der Waals surface area contributed by atoms with Gasteiger partial charge in [0.15, 0.2) is 5.65 Å². The molecule has 2 aromatic heterocycles. The maximum Gasteiger partial charge on any atom is 0.338 e. The van der Waals surface area contributed by atoms with Crippen molar-refractivity contribution in [3.8, 4) is 28.5 Å². The van der Waals surface area contributed by atoms with E-state index in [2.05, 4.69) is 16.0 Å². The van der Waals surface area contributed by atoms with E-state index in [1.54, 1.807) is 47.3 Å². The number of carboxylic acid groups (broad SMARTS) is 1. The van der Waals surface area contributed by atoms with Crippen LogP contribution >= 0.6 is 0 Å². The summed E-state index contributed by atoms with van der Waals surface area (Å²) >= 11 is 0. The van der Waals surface area contributed by atoms with E-state index in [9.17, 15) is 15.2 Å². The van der Waals surface area contributed by atoms with Crippen LogP contribution in [0.15, 0.2) is 61.2 Å². The summed E-state index contributed by atoms with van der Waals surface area (Å²) in [6.45, 7) is 0. The molecule has 2 heterocycles. The van der Waals surface area contributed by atoms with Crippen LogP contribution in [0.3, 0.4) is 0 Å². The highest BCUT2D eigenvalue weighted by Crippen LogP contribution is 2.36. The molecule has 0 radical (unpaired) electrons. The number of hydrogen-bond acceptors (Lipinski definition) is 4. The first-order valence-electron chi connectivity index (χ1n) is 7.94. The molecule has 1 N–H and O–H groups in total. The minimum Gasteiger partial charge on any atom is -0.478 e. The summed E-state index contributed by atoms with van der Waals surface area (Å²) in [5, 5.41) is 18.7. The number of rotatable bonds is 3. The van der Waals surface area contributed by atoms with E-state index in [0.29, 0.717) is 22.3 Å². The number of nitriles is 1. The highest BCUT2D eigenvalue weighted by molar-refractivity contribution is 5.94. The van der Waals surface area contributed by atoms with Crippen LogP contribution in [0.2, 0.25) is 0 Å². The molecule has 0 saturated carbocycles. The Balaban J connectivity index is 2.07. The molecule has 27 heavy (non-hydrogen) atoms. The number of aromatic nitrogens is 3. The Morgan fingerprint density at radius 2 is 1.96 bits per heavy atom. The van der Waals surface area contributed by atoms with Gasteiger partial charge in [0.2, 0.25) is 0 Å². The third kappa shape index (κ3) is 2.69. The summed E-state index contributed by atoms with van der Waals surface area (Å²) in [6, 6.07) is 11.5. The van der Waals surface area contributed by atoms with Gasteiger partial charge in [-0.15, -0.1) is 0 Å². The molecule has 2 aromatic carbocycles. The number of carboxylic acids is 1. The summed E-state index contributed by atoms with van der Waals surface area (Å²) in [6.07, 6.45) is 6.31. The highest BCUT2D eigenvalue weighted by atomic mass is 19.1. The molecule has 0 bridgehead atoms. The van der Waals surface area contributed by atoms with Crippen molar-refractivity contribution < 1.29 is 14.3 Å². The van der Waals surface area contributed by atoms with Crippen LogP contribution in [-0.4, -0.2) is 25.4 Å². The van der Waals surface area contributed by atoms with Gasteiger partial charge in [-0.2, -0.15) is 5.26 Å². The van der Waals surface area contributed by atoms with E-state index in [4.69, 9.17) is 0 Å². The molecule has 130 valence electrons. The summed E-state index contributed by atoms with van der Waals surface area (Å²) < 4.78 is 16.9. The minimum absolute atomic E-state index is 0.0215. The Morgan fingerprint density at radius 1 is 1.15 bits per heavy atom. The smallest absolute Gasteiger partial charge is 0.338 e. The molecule has 7 heteroatoms. The molecule has 0 atom stereocenters. The number of nitrogens with zero attached hydrogens (tertiary/aromatic N) is 4. The molecule has 6 nitrogen and oxygen atoms in total. The van der Waals surface area contributed by atoms with Gasteiger partial charge in [0.1, 0.15) is 5.82 Å². The van der Waals surface area contributed by atoms with Crippen LogP contribution in [0.4, 0.5) is 4.39 Å². The third-order valence-corrected chi connectivity index (χ3v) is 4.25. The van der Waals surface area contributed by atoms with Gasteiger partial charge in [-0.25, -0.2) is 14.2 Å². The van der Waals surface area contributed by atoms with Crippen molar-refractivity contribution >= 4 is 11.6 Å². The fraction of sp³-hybridized carbons (Fsp3) is 0. The lowest BCUT2D eigenvalue weighted by Crippen LogP contribution is -2.05. The van der Waals surface area contributed by atoms with E-state index in [0.717, 1.165) is 0 Å². The van der Waals surface area contributed by atoms with E-state index in [1.165, 1.54) is 18.3 Å². The van der Waals surface area contributed by atoms with Crippen LogP contribution in [0.25, 0.3) is 28.0 Å². The maximum absolute atomic E-state index is 15.2. The van der Waals surface area contributed by atoms with Crippen LogP contribution < -0.4 is 0 Å². The van der Waals surface area contributed by atoms with Gasteiger partial charge in [0.25, 0.3) is 0 Å². The number of carbonyl (C=O) groups is 1. The van der Waals surface area contributed by atoms with E-state index in [-0.39, 0.29) is 11.3 Å². The maximum atomic E-state index is 15.2. The first-order valence-corrected chi connectivity index (χ1v) is 7.94. The lowest BCUT2D eigenvalue weighted by Gasteiger charge is -2.14. The Morgan fingerprint density at radius 3 is 2.74 bits per heavy atom. The summed E-state index contributed by atoms with van der Waals surface area (Å²) in [5.74, 6) is -2.28. The lowest BCUT2D eigenvalue weighted by molar-refractivity contribution is 0.0692. The normalized spacial score (nSPS) is 10.7. The molecule has 0 spiro atoms. The fourth-order valence-electron chi connectivity index (χ4n) is 2.99. The average Bonchev–Trinajstić information content (AvgIpc) is 3.15. The molecule has 0 saturated heterocycles. The number of hydrogen-bond donors (Lipinski definition) is 1. The third-order valence-electron chi connectivity index (χ3n) is 4.25. The summed E-state index contributed by atoms with van der Waals surface area (Å²) in [7, 11) is 0. The predicted molar refractivity (Wildman–Crippen MR) is 95.5 cm³/mol. The number of fused-ring (bicyclic) bond motifs is 1. The van der Waals surface area contributed by atoms with Gasteiger partial charge in [0, 0.05) is 29.7 Å². The van der Waals surface area contributed by atoms with Crippen molar-refractivity contribution in [2.45, 2.75) is 0 Å². The zero-order chi connectivity index (χ0) is 19.0. The van der Waals surface area contributed by atoms with Gasteiger partial charge in [0.05, 0.1) is 29.1 Å². The van der Waals surface area contributed by atoms with Crippen LogP contribution in [0.5, 0.6) is 0 Å². The molecule has 0 unspecified atom stereocenters. The van der Waals surface area contributed by atoms with Crippen molar-refractivity contribution in [3.05, 3.63) is 78.1 Å². The molecular weight excluding hydrogens is 347 g/mol. The standard InChI is InChI=1S/C20H11FN4O2/c21-19-15(20(26)27)6-5-14(13-4-2-1-3-12(13)9-22)18(19)16-11-25-8-7-23-17(25)10-24-16/h1-8,10-11H,(H,26,27). The van der Waals surface area contributed by atoms with Gasteiger partial charge < -0.3 is 9.51 Å². The summed E-state index contributed by atoms with van der Waals surface area (Å²) in [4.78, 5) is 19.8. The monoisotopic (exact) mass is 358 g/mol. The van der Waals surface area contributed by atoms with Crippen molar-refractivity contribution in [2.24, 2.45) is 0 Å². The SMILES string of the molecule is N#Cc1ccccc1-c1ccc(C(=O)O)c(F)c1-c1cn2ccnc2cn1.